The minimum absolute atomic E-state index is 0.0673. The van der Waals surface area contributed by atoms with Crippen molar-refractivity contribution >= 4 is 11.8 Å². The van der Waals surface area contributed by atoms with Gasteiger partial charge >= 0.3 is 0 Å². The van der Waals surface area contributed by atoms with Crippen molar-refractivity contribution in [3.63, 3.8) is 0 Å². The van der Waals surface area contributed by atoms with Crippen LogP contribution in [-0.4, -0.2) is 29.9 Å². The standard InChI is InChI=1S/C23H28N2O3/c1-16-4-8-19(9-5-16)22(24-17(2)26)14-23(27)25(20-10-11-20)15-18-6-12-21(28-3)13-7-18/h4-9,12-13,20,22H,10-11,14-15H2,1-3H3,(H,24,26). The largest absolute Gasteiger partial charge is 0.497 e. The second-order valence-corrected chi connectivity index (χ2v) is 7.47. The lowest BCUT2D eigenvalue weighted by Crippen LogP contribution is -2.36. The highest BCUT2D eigenvalue weighted by Crippen LogP contribution is 2.31. The van der Waals surface area contributed by atoms with Crippen LogP contribution in [0.15, 0.2) is 48.5 Å². The van der Waals surface area contributed by atoms with Crippen molar-refractivity contribution in [2.45, 2.75) is 51.7 Å². The Morgan fingerprint density at radius 3 is 2.29 bits per heavy atom. The van der Waals surface area contributed by atoms with Crippen LogP contribution in [0.1, 0.15) is 48.9 Å². The molecule has 28 heavy (non-hydrogen) atoms. The monoisotopic (exact) mass is 380 g/mol. The van der Waals surface area contributed by atoms with Crippen molar-refractivity contribution in [2.24, 2.45) is 0 Å². The molecule has 0 saturated heterocycles. The molecule has 0 aromatic heterocycles. The summed E-state index contributed by atoms with van der Waals surface area (Å²) in [5, 5.41) is 2.94. The quantitative estimate of drug-likeness (QED) is 0.759. The average Bonchev–Trinajstić information content (AvgIpc) is 3.51. The average molecular weight is 380 g/mol. The summed E-state index contributed by atoms with van der Waals surface area (Å²) in [6, 6.07) is 15.8. The highest BCUT2D eigenvalue weighted by Gasteiger charge is 2.33. The van der Waals surface area contributed by atoms with Crippen LogP contribution in [0.2, 0.25) is 0 Å². The number of benzene rings is 2. The van der Waals surface area contributed by atoms with Gasteiger partial charge in [-0.2, -0.15) is 0 Å². The highest BCUT2D eigenvalue weighted by molar-refractivity contribution is 5.79. The van der Waals surface area contributed by atoms with E-state index in [9.17, 15) is 9.59 Å². The molecule has 0 radical (unpaired) electrons. The number of aryl methyl sites for hydroxylation is 1. The second kappa shape index (κ2) is 8.91. The van der Waals surface area contributed by atoms with Gasteiger partial charge in [-0.05, 0) is 43.0 Å². The Kier molecular flexibility index (Phi) is 6.34. The van der Waals surface area contributed by atoms with E-state index in [1.54, 1.807) is 7.11 Å². The molecule has 5 nitrogen and oxygen atoms in total. The number of nitrogens with one attached hydrogen (secondary N) is 1. The molecular weight excluding hydrogens is 352 g/mol. The van der Waals surface area contributed by atoms with Crippen molar-refractivity contribution < 1.29 is 14.3 Å². The fraction of sp³-hybridized carbons (Fsp3) is 0.391. The van der Waals surface area contributed by atoms with E-state index in [4.69, 9.17) is 4.74 Å². The van der Waals surface area contributed by atoms with Gasteiger partial charge < -0.3 is 15.0 Å². The first-order chi connectivity index (χ1) is 13.5. The molecule has 1 atom stereocenters. The summed E-state index contributed by atoms with van der Waals surface area (Å²) in [5.41, 5.74) is 3.18. The van der Waals surface area contributed by atoms with Crippen LogP contribution in [0.5, 0.6) is 5.75 Å². The SMILES string of the molecule is COc1ccc(CN(C(=O)CC(NC(C)=O)c2ccc(C)cc2)C2CC2)cc1. The first-order valence-electron chi connectivity index (χ1n) is 9.72. The van der Waals surface area contributed by atoms with Gasteiger partial charge in [-0.3, -0.25) is 9.59 Å². The zero-order chi connectivity index (χ0) is 20.1. The van der Waals surface area contributed by atoms with Crippen LogP contribution in [0.25, 0.3) is 0 Å². The van der Waals surface area contributed by atoms with Gasteiger partial charge in [0, 0.05) is 19.5 Å². The molecule has 148 valence electrons. The molecule has 1 N–H and O–H groups in total. The lowest BCUT2D eigenvalue weighted by molar-refractivity contribution is -0.133. The summed E-state index contributed by atoms with van der Waals surface area (Å²) in [5.74, 6) is 0.738. The number of ether oxygens (including phenoxy) is 1. The summed E-state index contributed by atoms with van der Waals surface area (Å²) >= 11 is 0. The zero-order valence-corrected chi connectivity index (χ0v) is 16.8. The fourth-order valence-electron chi connectivity index (χ4n) is 3.32. The third-order valence-corrected chi connectivity index (χ3v) is 5.06. The van der Waals surface area contributed by atoms with E-state index < -0.39 is 0 Å². The fourth-order valence-corrected chi connectivity index (χ4v) is 3.32. The topological polar surface area (TPSA) is 58.6 Å². The van der Waals surface area contributed by atoms with Crippen LogP contribution in [0.4, 0.5) is 0 Å². The van der Waals surface area contributed by atoms with Gasteiger partial charge in [-0.25, -0.2) is 0 Å². The van der Waals surface area contributed by atoms with Crippen LogP contribution in [-0.2, 0) is 16.1 Å². The highest BCUT2D eigenvalue weighted by atomic mass is 16.5. The Hall–Kier alpha value is -2.82. The summed E-state index contributed by atoms with van der Waals surface area (Å²) in [6.45, 7) is 4.09. The molecule has 0 bridgehead atoms. The van der Waals surface area contributed by atoms with Crippen LogP contribution in [0, 0.1) is 6.92 Å². The number of carbonyl (C=O) groups is 2. The van der Waals surface area contributed by atoms with E-state index in [0.717, 1.165) is 35.3 Å². The van der Waals surface area contributed by atoms with Gasteiger partial charge in [0.15, 0.2) is 0 Å². The molecule has 2 aromatic carbocycles. The Morgan fingerprint density at radius 2 is 1.75 bits per heavy atom. The lowest BCUT2D eigenvalue weighted by Gasteiger charge is -2.26. The van der Waals surface area contributed by atoms with Crippen LogP contribution < -0.4 is 10.1 Å². The van der Waals surface area contributed by atoms with Gasteiger partial charge in [0.05, 0.1) is 19.6 Å². The Balaban J connectivity index is 1.73. The summed E-state index contributed by atoms with van der Waals surface area (Å²) in [6.07, 6.45) is 2.34. The minimum atomic E-state index is -0.317. The van der Waals surface area contributed by atoms with Gasteiger partial charge in [-0.1, -0.05) is 42.0 Å². The third-order valence-electron chi connectivity index (χ3n) is 5.06. The number of hydrogen-bond donors (Lipinski definition) is 1. The summed E-state index contributed by atoms with van der Waals surface area (Å²) in [4.78, 5) is 26.8. The van der Waals surface area contributed by atoms with E-state index in [2.05, 4.69) is 5.32 Å². The lowest BCUT2D eigenvalue weighted by atomic mass is 10.0. The number of nitrogens with zero attached hydrogens (tertiary/aromatic N) is 1. The normalized spacial score (nSPS) is 14.2. The third kappa shape index (κ3) is 5.35. The van der Waals surface area contributed by atoms with Crippen molar-refractivity contribution in [2.75, 3.05) is 7.11 Å². The molecule has 1 saturated carbocycles. The van der Waals surface area contributed by atoms with Crippen LogP contribution >= 0.6 is 0 Å². The molecular formula is C23H28N2O3. The van der Waals surface area contributed by atoms with E-state index in [1.807, 2.05) is 60.4 Å². The molecule has 0 aliphatic heterocycles. The minimum Gasteiger partial charge on any atom is -0.497 e. The Bertz CT molecular complexity index is 811. The maximum absolute atomic E-state index is 13.1. The summed E-state index contributed by atoms with van der Waals surface area (Å²) in [7, 11) is 1.64. The van der Waals surface area contributed by atoms with E-state index >= 15 is 0 Å². The van der Waals surface area contributed by atoms with Crippen molar-refractivity contribution in [3.8, 4) is 5.75 Å². The number of carbonyl (C=O) groups excluding carboxylic acids is 2. The first-order valence-corrected chi connectivity index (χ1v) is 9.72. The van der Waals surface area contributed by atoms with Crippen molar-refractivity contribution in [1.82, 2.24) is 10.2 Å². The number of amides is 2. The first kappa shape index (κ1) is 19.9. The van der Waals surface area contributed by atoms with Gasteiger partial charge in [0.25, 0.3) is 0 Å². The van der Waals surface area contributed by atoms with Gasteiger partial charge in [0.1, 0.15) is 5.75 Å². The molecule has 1 aliphatic rings. The molecule has 2 aromatic rings. The molecule has 0 heterocycles. The van der Waals surface area contributed by atoms with Crippen molar-refractivity contribution in [1.29, 1.82) is 0 Å². The molecule has 3 rings (SSSR count). The summed E-state index contributed by atoms with van der Waals surface area (Å²) < 4.78 is 5.21. The van der Waals surface area contributed by atoms with Gasteiger partial charge in [0.2, 0.25) is 11.8 Å². The predicted octanol–water partition coefficient (Wildman–Crippen LogP) is 3.76. The Morgan fingerprint density at radius 1 is 1.11 bits per heavy atom. The smallest absolute Gasteiger partial charge is 0.225 e. The second-order valence-electron chi connectivity index (χ2n) is 7.47. The molecule has 1 unspecified atom stereocenters. The van der Waals surface area contributed by atoms with Gasteiger partial charge in [-0.15, -0.1) is 0 Å². The number of hydrogen-bond acceptors (Lipinski definition) is 3. The molecule has 1 aliphatic carbocycles. The number of methoxy groups -OCH3 is 1. The van der Waals surface area contributed by atoms with E-state index in [1.165, 1.54) is 6.92 Å². The zero-order valence-electron chi connectivity index (χ0n) is 16.8. The molecule has 2 amide bonds. The molecule has 5 heteroatoms. The van der Waals surface area contributed by atoms with Crippen molar-refractivity contribution in [3.05, 3.63) is 65.2 Å². The van der Waals surface area contributed by atoms with Crippen LogP contribution in [0.3, 0.4) is 0 Å². The predicted molar refractivity (Wildman–Crippen MR) is 109 cm³/mol. The maximum Gasteiger partial charge on any atom is 0.225 e. The molecule has 1 fully saturated rings. The number of rotatable bonds is 8. The van der Waals surface area contributed by atoms with E-state index in [0.29, 0.717) is 12.6 Å². The van der Waals surface area contributed by atoms with E-state index in [-0.39, 0.29) is 24.3 Å². The Labute approximate surface area is 166 Å². The maximum atomic E-state index is 13.1. The molecule has 0 spiro atoms.